The van der Waals surface area contributed by atoms with Gasteiger partial charge in [-0.25, -0.2) is 9.18 Å². The van der Waals surface area contributed by atoms with Crippen molar-refractivity contribution >= 4 is 57.4 Å². The number of aryl methyl sites for hydroxylation is 1. The van der Waals surface area contributed by atoms with Crippen LogP contribution in [0.5, 0.6) is 0 Å². The van der Waals surface area contributed by atoms with Gasteiger partial charge in [0.25, 0.3) is 0 Å². The summed E-state index contributed by atoms with van der Waals surface area (Å²) in [6, 6.07) is 9.66. The van der Waals surface area contributed by atoms with E-state index in [-0.39, 0.29) is 26.8 Å². The molecule has 0 fully saturated rings. The molecule has 1 aromatic heterocycles. The Bertz CT molecular complexity index is 1580. The number of anilines is 1. The van der Waals surface area contributed by atoms with Gasteiger partial charge in [-0.2, -0.15) is 13.2 Å². The van der Waals surface area contributed by atoms with E-state index in [1.165, 1.54) is 24.3 Å². The first-order valence-electron chi connectivity index (χ1n) is 10.2. The van der Waals surface area contributed by atoms with Crippen LogP contribution in [0, 0.1) is 12.7 Å². The number of rotatable bonds is 4. The summed E-state index contributed by atoms with van der Waals surface area (Å²) in [7, 11) is 0. The third-order valence-electron chi connectivity index (χ3n) is 5.39. The van der Waals surface area contributed by atoms with Crippen LogP contribution >= 0.6 is 34.8 Å². The second kappa shape index (κ2) is 9.76. The average Bonchev–Trinajstić information content (AvgIpc) is 2.78. The first-order chi connectivity index (χ1) is 16.8. The molecule has 0 spiro atoms. The van der Waals surface area contributed by atoms with Gasteiger partial charge in [0, 0.05) is 27.1 Å². The molecule has 0 unspecified atom stereocenters. The van der Waals surface area contributed by atoms with Crippen molar-refractivity contribution in [3.05, 3.63) is 96.5 Å². The van der Waals surface area contributed by atoms with Crippen molar-refractivity contribution < 1.29 is 26.8 Å². The van der Waals surface area contributed by atoms with Gasteiger partial charge in [0.05, 0.1) is 28.3 Å². The number of amides is 1. The molecule has 11 heteroatoms. The number of carbonyl (C=O) groups is 1. The lowest BCUT2D eigenvalue weighted by Gasteiger charge is -2.16. The van der Waals surface area contributed by atoms with Gasteiger partial charge < -0.3 is 9.73 Å². The van der Waals surface area contributed by atoms with E-state index in [4.69, 9.17) is 39.2 Å². The van der Waals surface area contributed by atoms with Gasteiger partial charge in [-0.1, -0.05) is 40.9 Å². The number of alkyl halides is 3. The molecule has 1 heterocycles. The van der Waals surface area contributed by atoms with E-state index >= 15 is 0 Å². The minimum absolute atomic E-state index is 0.104. The van der Waals surface area contributed by atoms with E-state index in [9.17, 15) is 27.2 Å². The molecule has 0 bridgehead atoms. The zero-order valence-electron chi connectivity index (χ0n) is 18.2. The second-order valence-electron chi connectivity index (χ2n) is 7.88. The minimum Gasteiger partial charge on any atom is -0.422 e. The third kappa shape index (κ3) is 5.21. The van der Waals surface area contributed by atoms with Gasteiger partial charge in [-0.15, -0.1) is 0 Å². The van der Waals surface area contributed by atoms with Gasteiger partial charge in [0.2, 0.25) is 5.91 Å². The summed E-state index contributed by atoms with van der Waals surface area (Å²) in [5, 5.41) is 2.49. The third-order valence-corrected chi connectivity index (χ3v) is 6.32. The van der Waals surface area contributed by atoms with Crippen LogP contribution in [0.1, 0.15) is 16.7 Å². The quantitative estimate of drug-likeness (QED) is 0.204. The molecule has 3 aromatic carbocycles. The van der Waals surface area contributed by atoms with Crippen LogP contribution in [0.4, 0.5) is 23.2 Å². The highest BCUT2D eigenvalue weighted by atomic mass is 35.5. The molecule has 0 radical (unpaired) electrons. The van der Waals surface area contributed by atoms with E-state index in [0.29, 0.717) is 27.6 Å². The van der Waals surface area contributed by atoms with Gasteiger partial charge >= 0.3 is 11.8 Å². The highest BCUT2D eigenvalue weighted by Gasteiger charge is 2.34. The number of nitrogens with one attached hydrogen (secondary N) is 1. The number of hydrogen-bond donors (Lipinski definition) is 1. The van der Waals surface area contributed by atoms with E-state index < -0.39 is 41.2 Å². The van der Waals surface area contributed by atoms with Crippen LogP contribution < -0.4 is 10.9 Å². The SMILES string of the molecule is Cc1cc2c(-c3ccc(F)c(Cl)c3)c(CC(=O)Nc3ccc(Cl)cc3C(F)(F)F)c(=O)oc2cc1Cl. The molecule has 0 saturated carbocycles. The Morgan fingerprint density at radius 2 is 1.72 bits per heavy atom. The summed E-state index contributed by atoms with van der Waals surface area (Å²) in [5.41, 5.74) is -1.52. The molecule has 0 aliphatic rings. The molecular formula is C25H14Cl3F4NO3. The van der Waals surface area contributed by atoms with Crippen molar-refractivity contribution in [2.45, 2.75) is 19.5 Å². The standard InChI is InChI=1S/C25H14Cl3F4NO3/c1-11-6-14-21(10-17(11)27)36-24(35)15(23(14)12-2-4-19(29)18(28)7-12)9-22(34)33-20-5-3-13(26)8-16(20)25(30,31)32/h2-8,10H,9H2,1H3,(H,33,34). The highest BCUT2D eigenvalue weighted by Crippen LogP contribution is 2.38. The number of hydrogen-bond acceptors (Lipinski definition) is 3. The maximum absolute atomic E-state index is 13.8. The number of halogens is 7. The average molecular weight is 559 g/mol. The maximum atomic E-state index is 13.8. The van der Waals surface area contributed by atoms with Gasteiger partial charge in [0.15, 0.2) is 0 Å². The van der Waals surface area contributed by atoms with Gasteiger partial charge in [0.1, 0.15) is 11.4 Å². The molecule has 1 amide bonds. The first kappa shape index (κ1) is 26.0. The smallest absolute Gasteiger partial charge is 0.418 e. The summed E-state index contributed by atoms with van der Waals surface area (Å²) in [6.07, 6.45) is -5.44. The van der Waals surface area contributed by atoms with Crippen LogP contribution in [-0.4, -0.2) is 5.91 Å². The molecule has 4 rings (SSSR count). The largest absolute Gasteiger partial charge is 0.422 e. The fourth-order valence-corrected chi connectivity index (χ4v) is 4.23. The molecular weight excluding hydrogens is 545 g/mol. The van der Waals surface area contributed by atoms with Gasteiger partial charge in [-0.3, -0.25) is 4.79 Å². The summed E-state index contributed by atoms with van der Waals surface area (Å²) >= 11 is 17.8. The van der Waals surface area contributed by atoms with Crippen LogP contribution in [0.3, 0.4) is 0 Å². The fourth-order valence-electron chi connectivity index (χ4n) is 3.73. The van der Waals surface area contributed by atoms with E-state index in [0.717, 1.165) is 12.1 Å². The van der Waals surface area contributed by atoms with E-state index in [1.807, 2.05) is 0 Å². The number of benzene rings is 3. The summed E-state index contributed by atoms with van der Waals surface area (Å²) in [4.78, 5) is 25.8. The zero-order valence-corrected chi connectivity index (χ0v) is 20.5. The lowest BCUT2D eigenvalue weighted by Crippen LogP contribution is -2.22. The Morgan fingerprint density at radius 1 is 1.00 bits per heavy atom. The van der Waals surface area contributed by atoms with E-state index in [1.54, 1.807) is 13.0 Å². The second-order valence-corrected chi connectivity index (χ2v) is 9.13. The molecule has 36 heavy (non-hydrogen) atoms. The predicted molar refractivity (Wildman–Crippen MR) is 131 cm³/mol. The fraction of sp³-hybridized carbons (Fsp3) is 0.120. The molecule has 0 saturated heterocycles. The topological polar surface area (TPSA) is 59.3 Å². The number of fused-ring (bicyclic) bond motifs is 1. The van der Waals surface area contributed by atoms with Crippen molar-refractivity contribution in [2.24, 2.45) is 0 Å². The maximum Gasteiger partial charge on any atom is 0.418 e. The van der Waals surface area contributed by atoms with Crippen molar-refractivity contribution in [1.29, 1.82) is 0 Å². The first-order valence-corrected chi connectivity index (χ1v) is 11.4. The Balaban J connectivity index is 1.85. The molecule has 0 aliphatic heterocycles. The Hall–Kier alpha value is -3.07. The van der Waals surface area contributed by atoms with Crippen molar-refractivity contribution in [3.63, 3.8) is 0 Å². The Kier molecular flexibility index (Phi) is 7.05. The number of carbonyl (C=O) groups excluding carboxylic acids is 1. The van der Waals surface area contributed by atoms with Crippen LogP contribution in [-0.2, 0) is 17.4 Å². The molecule has 4 nitrogen and oxygen atoms in total. The molecule has 0 atom stereocenters. The Labute approximate surface area is 216 Å². The molecule has 1 N–H and O–H groups in total. The van der Waals surface area contributed by atoms with Crippen molar-refractivity contribution in [3.8, 4) is 11.1 Å². The predicted octanol–water partition coefficient (Wildman–Crippen LogP) is 8.07. The molecule has 186 valence electrons. The normalized spacial score (nSPS) is 11.7. The van der Waals surface area contributed by atoms with Crippen molar-refractivity contribution in [1.82, 2.24) is 0 Å². The monoisotopic (exact) mass is 557 g/mol. The van der Waals surface area contributed by atoms with Crippen LogP contribution in [0.2, 0.25) is 15.1 Å². The highest BCUT2D eigenvalue weighted by molar-refractivity contribution is 6.32. The summed E-state index contributed by atoms with van der Waals surface area (Å²) < 4.78 is 59.5. The lowest BCUT2D eigenvalue weighted by atomic mass is 9.94. The lowest BCUT2D eigenvalue weighted by molar-refractivity contribution is -0.137. The Morgan fingerprint density at radius 3 is 2.39 bits per heavy atom. The minimum atomic E-state index is -4.79. The van der Waals surface area contributed by atoms with Crippen LogP contribution in [0.15, 0.2) is 57.7 Å². The summed E-state index contributed by atoms with van der Waals surface area (Å²) in [5.74, 6) is -1.62. The molecule has 0 aliphatic carbocycles. The molecule has 4 aromatic rings. The van der Waals surface area contributed by atoms with Gasteiger partial charge in [-0.05, 0) is 54.4 Å². The zero-order chi connectivity index (χ0) is 26.4. The van der Waals surface area contributed by atoms with E-state index in [2.05, 4.69) is 5.32 Å². The van der Waals surface area contributed by atoms with Crippen LogP contribution in [0.25, 0.3) is 22.1 Å². The summed E-state index contributed by atoms with van der Waals surface area (Å²) in [6.45, 7) is 1.71. The van der Waals surface area contributed by atoms with Crippen molar-refractivity contribution in [2.75, 3.05) is 5.32 Å².